The maximum Gasteiger partial charge on any atom is 0.319 e. The van der Waals surface area contributed by atoms with Crippen LogP contribution in [0.3, 0.4) is 0 Å². The number of anilines is 1. The van der Waals surface area contributed by atoms with Crippen LogP contribution >= 0.6 is 11.6 Å². The molecule has 1 aromatic heterocycles. The van der Waals surface area contributed by atoms with Crippen molar-refractivity contribution in [1.82, 2.24) is 5.32 Å². The van der Waals surface area contributed by atoms with Crippen LogP contribution in [0.15, 0.2) is 47.1 Å². The summed E-state index contributed by atoms with van der Waals surface area (Å²) in [6.07, 6.45) is 1.86. The summed E-state index contributed by atoms with van der Waals surface area (Å²) < 4.78 is 5.18. The second-order valence-electron chi connectivity index (χ2n) is 5.07. The second-order valence-corrected chi connectivity index (χ2v) is 5.51. The van der Waals surface area contributed by atoms with Gasteiger partial charge in [0.25, 0.3) is 0 Å². The molecule has 1 atom stereocenters. The first-order chi connectivity index (χ1) is 9.94. The Morgan fingerprint density at radius 3 is 2.86 bits per heavy atom. The average molecular weight is 309 g/mol. The Morgan fingerprint density at radius 2 is 2.19 bits per heavy atom. The van der Waals surface area contributed by atoms with Crippen molar-refractivity contribution in [1.29, 1.82) is 0 Å². The van der Waals surface area contributed by atoms with E-state index >= 15 is 0 Å². The topological polar surface area (TPSA) is 74.5 Å². The van der Waals surface area contributed by atoms with Gasteiger partial charge in [-0.25, -0.2) is 4.79 Å². The first-order valence-electron chi connectivity index (χ1n) is 6.50. The minimum atomic E-state index is -1.09. The molecule has 0 aliphatic rings. The number of amides is 2. The number of hydrogen-bond donors (Lipinski definition) is 3. The van der Waals surface area contributed by atoms with Crippen molar-refractivity contribution in [3.63, 3.8) is 0 Å². The third-order valence-electron chi connectivity index (χ3n) is 2.85. The van der Waals surface area contributed by atoms with E-state index < -0.39 is 11.6 Å². The highest BCUT2D eigenvalue weighted by Crippen LogP contribution is 2.15. The Hall–Kier alpha value is -1.98. The Balaban J connectivity index is 1.83. The maximum absolute atomic E-state index is 11.8. The van der Waals surface area contributed by atoms with Gasteiger partial charge in [-0.15, -0.1) is 0 Å². The molecule has 2 amide bonds. The molecule has 0 aliphatic heterocycles. The fourth-order valence-electron chi connectivity index (χ4n) is 1.86. The van der Waals surface area contributed by atoms with Gasteiger partial charge in [0.05, 0.1) is 11.9 Å². The molecular weight excluding hydrogens is 292 g/mol. The SMILES string of the molecule is CC(O)(CNC(=O)Nc1cccc(Cl)c1)Cc1ccco1. The first kappa shape index (κ1) is 15.4. The lowest BCUT2D eigenvalue weighted by atomic mass is 10.0. The highest BCUT2D eigenvalue weighted by atomic mass is 35.5. The maximum atomic E-state index is 11.8. The van der Waals surface area contributed by atoms with Crippen LogP contribution in [0.25, 0.3) is 0 Å². The highest BCUT2D eigenvalue weighted by molar-refractivity contribution is 6.30. The Labute approximate surface area is 127 Å². The zero-order valence-electron chi connectivity index (χ0n) is 11.6. The van der Waals surface area contributed by atoms with E-state index in [1.807, 2.05) is 0 Å². The number of hydrogen-bond acceptors (Lipinski definition) is 3. The van der Waals surface area contributed by atoms with Gasteiger partial charge in [0.1, 0.15) is 5.76 Å². The lowest BCUT2D eigenvalue weighted by molar-refractivity contribution is 0.0577. The average Bonchev–Trinajstić information content (AvgIpc) is 2.89. The smallest absolute Gasteiger partial charge is 0.319 e. The summed E-state index contributed by atoms with van der Waals surface area (Å²) >= 11 is 5.84. The van der Waals surface area contributed by atoms with Crippen LogP contribution in [-0.2, 0) is 6.42 Å². The third kappa shape index (κ3) is 5.13. The van der Waals surface area contributed by atoms with Crippen molar-refractivity contribution in [2.75, 3.05) is 11.9 Å². The molecule has 112 valence electrons. The van der Waals surface area contributed by atoms with Gasteiger partial charge in [0, 0.05) is 23.7 Å². The van der Waals surface area contributed by atoms with Crippen molar-refractivity contribution in [2.24, 2.45) is 0 Å². The van der Waals surface area contributed by atoms with Crippen LogP contribution in [0.2, 0.25) is 5.02 Å². The summed E-state index contributed by atoms with van der Waals surface area (Å²) in [5.74, 6) is 0.664. The molecule has 0 fully saturated rings. The van der Waals surface area contributed by atoms with Crippen molar-refractivity contribution in [3.8, 4) is 0 Å². The Bertz CT molecular complexity index is 597. The van der Waals surface area contributed by atoms with E-state index in [1.165, 1.54) is 0 Å². The number of carbonyl (C=O) groups is 1. The summed E-state index contributed by atoms with van der Waals surface area (Å²) in [6.45, 7) is 1.73. The Kier molecular flexibility index (Phi) is 4.88. The molecule has 2 rings (SSSR count). The van der Waals surface area contributed by atoms with Gasteiger partial charge in [-0.05, 0) is 37.3 Å². The van der Waals surface area contributed by atoms with Crippen LogP contribution < -0.4 is 10.6 Å². The van der Waals surface area contributed by atoms with Gasteiger partial charge in [0.15, 0.2) is 0 Å². The van der Waals surface area contributed by atoms with Crippen LogP contribution in [0.4, 0.5) is 10.5 Å². The summed E-state index contributed by atoms with van der Waals surface area (Å²) in [7, 11) is 0. The van der Waals surface area contributed by atoms with E-state index in [0.717, 1.165) is 0 Å². The van der Waals surface area contributed by atoms with Gasteiger partial charge in [-0.3, -0.25) is 0 Å². The quantitative estimate of drug-likeness (QED) is 0.794. The molecule has 0 radical (unpaired) electrons. The fourth-order valence-corrected chi connectivity index (χ4v) is 2.05. The molecule has 2 aromatic rings. The van der Waals surface area contributed by atoms with Crippen LogP contribution in [0.5, 0.6) is 0 Å². The van der Waals surface area contributed by atoms with Gasteiger partial charge in [-0.2, -0.15) is 0 Å². The minimum absolute atomic E-state index is 0.0973. The van der Waals surface area contributed by atoms with Gasteiger partial charge < -0.3 is 20.2 Å². The predicted octanol–water partition coefficient (Wildman–Crippen LogP) is 3.05. The number of urea groups is 1. The highest BCUT2D eigenvalue weighted by Gasteiger charge is 2.23. The Morgan fingerprint density at radius 1 is 1.38 bits per heavy atom. The number of benzene rings is 1. The van der Waals surface area contributed by atoms with Gasteiger partial charge in [-0.1, -0.05) is 17.7 Å². The number of rotatable bonds is 5. The van der Waals surface area contributed by atoms with Crippen molar-refractivity contribution in [2.45, 2.75) is 18.9 Å². The molecule has 6 heteroatoms. The number of aliphatic hydroxyl groups is 1. The molecule has 0 aliphatic carbocycles. The zero-order valence-corrected chi connectivity index (χ0v) is 12.4. The van der Waals surface area contributed by atoms with E-state index in [2.05, 4.69) is 10.6 Å². The van der Waals surface area contributed by atoms with Crippen LogP contribution in [-0.4, -0.2) is 23.3 Å². The van der Waals surface area contributed by atoms with Crippen LogP contribution in [0, 0.1) is 0 Å². The third-order valence-corrected chi connectivity index (χ3v) is 3.08. The lowest BCUT2D eigenvalue weighted by Crippen LogP contribution is -2.43. The summed E-state index contributed by atoms with van der Waals surface area (Å²) in [5, 5.41) is 16.0. The summed E-state index contributed by atoms with van der Waals surface area (Å²) in [4.78, 5) is 11.8. The molecule has 21 heavy (non-hydrogen) atoms. The van der Waals surface area contributed by atoms with Crippen LogP contribution in [0.1, 0.15) is 12.7 Å². The fraction of sp³-hybridized carbons (Fsp3) is 0.267. The van der Waals surface area contributed by atoms with E-state index in [4.69, 9.17) is 16.0 Å². The van der Waals surface area contributed by atoms with E-state index in [-0.39, 0.29) is 6.54 Å². The second kappa shape index (κ2) is 6.65. The van der Waals surface area contributed by atoms with Crippen molar-refractivity contribution in [3.05, 3.63) is 53.4 Å². The van der Waals surface area contributed by atoms with Gasteiger partial charge in [0.2, 0.25) is 0 Å². The molecule has 0 spiro atoms. The number of nitrogens with one attached hydrogen (secondary N) is 2. The molecule has 0 saturated heterocycles. The van der Waals surface area contributed by atoms with E-state index in [1.54, 1.807) is 49.6 Å². The normalized spacial score (nSPS) is 13.5. The standard InChI is InChI=1S/C15H17ClN2O3/c1-15(20,9-13-6-3-7-21-13)10-17-14(19)18-12-5-2-4-11(16)8-12/h2-8,20H,9-10H2,1H3,(H2,17,18,19). The minimum Gasteiger partial charge on any atom is -0.469 e. The molecule has 3 N–H and O–H groups in total. The molecule has 0 saturated carbocycles. The van der Waals surface area contributed by atoms with Gasteiger partial charge >= 0.3 is 6.03 Å². The number of furan rings is 1. The zero-order chi connectivity index (χ0) is 15.3. The van der Waals surface area contributed by atoms with Crippen molar-refractivity contribution < 1.29 is 14.3 Å². The predicted molar refractivity (Wildman–Crippen MR) is 81.5 cm³/mol. The molecule has 0 bridgehead atoms. The molecule has 1 unspecified atom stereocenters. The van der Waals surface area contributed by atoms with E-state index in [0.29, 0.717) is 22.9 Å². The molecule has 1 aromatic carbocycles. The molecule has 5 nitrogen and oxygen atoms in total. The molecule has 1 heterocycles. The summed E-state index contributed by atoms with van der Waals surface area (Å²) in [5.41, 5.74) is -0.505. The monoisotopic (exact) mass is 308 g/mol. The number of halogens is 1. The summed E-state index contributed by atoms with van der Waals surface area (Å²) in [6, 6.07) is 9.96. The van der Waals surface area contributed by atoms with Crippen molar-refractivity contribution >= 4 is 23.3 Å². The lowest BCUT2D eigenvalue weighted by Gasteiger charge is -2.22. The van der Waals surface area contributed by atoms with E-state index in [9.17, 15) is 9.90 Å². The number of carbonyl (C=O) groups excluding carboxylic acids is 1. The molecular formula is C15H17ClN2O3. The first-order valence-corrected chi connectivity index (χ1v) is 6.88. The largest absolute Gasteiger partial charge is 0.469 e.